The Kier molecular flexibility index (Phi) is 6.96. The zero-order valence-corrected chi connectivity index (χ0v) is 17.9. The van der Waals surface area contributed by atoms with Crippen LogP contribution in [0.5, 0.6) is 5.75 Å². The number of benzene rings is 2. The van der Waals surface area contributed by atoms with E-state index in [-0.39, 0.29) is 24.1 Å². The largest absolute Gasteiger partial charge is 0.479 e. The number of hydrogen-bond donors (Lipinski definition) is 2. The van der Waals surface area contributed by atoms with E-state index in [2.05, 4.69) is 60.6 Å². The van der Waals surface area contributed by atoms with Gasteiger partial charge in [0, 0.05) is 31.4 Å². The summed E-state index contributed by atoms with van der Waals surface area (Å²) in [6.07, 6.45) is 1.04. The van der Waals surface area contributed by atoms with Gasteiger partial charge in [-0.25, -0.2) is 4.79 Å². The normalized spacial score (nSPS) is 14.9. The summed E-state index contributed by atoms with van der Waals surface area (Å²) in [6.45, 7) is 9.16. The van der Waals surface area contributed by atoms with Gasteiger partial charge in [-0.05, 0) is 47.2 Å². The molecule has 2 aromatic carbocycles. The van der Waals surface area contributed by atoms with E-state index < -0.39 is 0 Å². The lowest BCUT2D eigenvalue weighted by molar-refractivity contribution is 0.164. The Labute approximate surface area is 178 Å². The number of fused-ring (bicyclic) bond motifs is 1. The van der Waals surface area contributed by atoms with Crippen molar-refractivity contribution in [2.45, 2.75) is 39.8 Å². The zero-order valence-electron chi connectivity index (χ0n) is 17.9. The van der Waals surface area contributed by atoms with E-state index in [1.54, 1.807) is 24.3 Å². The SMILES string of the molecule is CC(C)(C)C(CN1CCc2ccccc2C1)NC(=O)Nc1ccc(OCC#N)cc1. The van der Waals surface area contributed by atoms with E-state index in [1.165, 1.54) is 11.1 Å². The second kappa shape index (κ2) is 9.64. The van der Waals surface area contributed by atoms with E-state index in [4.69, 9.17) is 10.00 Å². The lowest BCUT2D eigenvalue weighted by Crippen LogP contribution is -2.52. The summed E-state index contributed by atoms with van der Waals surface area (Å²) in [5, 5.41) is 14.6. The van der Waals surface area contributed by atoms with Gasteiger partial charge in [0.15, 0.2) is 6.61 Å². The van der Waals surface area contributed by atoms with E-state index in [1.807, 2.05) is 6.07 Å². The van der Waals surface area contributed by atoms with Crippen molar-refractivity contribution in [3.05, 3.63) is 59.7 Å². The van der Waals surface area contributed by atoms with Crippen LogP contribution in [0.1, 0.15) is 31.9 Å². The van der Waals surface area contributed by atoms with Gasteiger partial charge in [0.1, 0.15) is 11.8 Å². The van der Waals surface area contributed by atoms with Crippen LogP contribution in [0.3, 0.4) is 0 Å². The number of rotatable bonds is 6. The zero-order chi connectivity index (χ0) is 21.6. The number of carbonyl (C=O) groups excluding carboxylic acids is 1. The van der Waals surface area contributed by atoms with Crippen molar-refractivity contribution in [3.8, 4) is 11.8 Å². The van der Waals surface area contributed by atoms with Crippen LogP contribution in [0.2, 0.25) is 0 Å². The van der Waals surface area contributed by atoms with Crippen molar-refractivity contribution < 1.29 is 9.53 Å². The molecule has 3 rings (SSSR count). The molecule has 0 bridgehead atoms. The highest BCUT2D eigenvalue weighted by Crippen LogP contribution is 2.24. The Morgan fingerprint density at radius 1 is 1.17 bits per heavy atom. The molecule has 0 radical (unpaired) electrons. The van der Waals surface area contributed by atoms with Gasteiger partial charge in [0.25, 0.3) is 0 Å². The van der Waals surface area contributed by atoms with Gasteiger partial charge in [0.05, 0.1) is 0 Å². The molecule has 1 aliphatic rings. The number of nitriles is 1. The summed E-state index contributed by atoms with van der Waals surface area (Å²) in [7, 11) is 0. The Morgan fingerprint density at radius 3 is 2.53 bits per heavy atom. The number of anilines is 1. The number of amides is 2. The Balaban J connectivity index is 1.58. The smallest absolute Gasteiger partial charge is 0.319 e. The highest BCUT2D eigenvalue weighted by molar-refractivity contribution is 5.89. The third kappa shape index (κ3) is 5.98. The molecule has 158 valence electrons. The monoisotopic (exact) mass is 406 g/mol. The number of carbonyl (C=O) groups is 1. The fourth-order valence-electron chi connectivity index (χ4n) is 3.58. The summed E-state index contributed by atoms with van der Waals surface area (Å²) in [5.74, 6) is 0.598. The topological polar surface area (TPSA) is 77.4 Å². The predicted molar refractivity (Wildman–Crippen MR) is 118 cm³/mol. The molecule has 0 fully saturated rings. The first kappa shape index (κ1) is 21.7. The lowest BCUT2D eigenvalue weighted by Gasteiger charge is -2.37. The molecule has 1 unspecified atom stereocenters. The van der Waals surface area contributed by atoms with Gasteiger partial charge in [-0.15, -0.1) is 0 Å². The first-order chi connectivity index (χ1) is 14.3. The molecule has 0 saturated heterocycles. The molecular formula is C24H30N4O2. The maximum atomic E-state index is 12.7. The molecule has 2 aromatic rings. The maximum Gasteiger partial charge on any atom is 0.319 e. The molecule has 0 aliphatic carbocycles. The highest BCUT2D eigenvalue weighted by Gasteiger charge is 2.29. The first-order valence-electron chi connectivity index (χ1n) is 10.3. The molecule has 2 N–H and O–H groups in total. The molecule has 0 spiro atoms. The summed E-state index contributed by atoms with van der Waals surface area (Å²) in [5.41, 5.74) is 3.40. The van der Waals surface area contributed by atoms with Crippen LogP contribution in [0.15, 0.2) is 48.5 Å². The minimum absolute atomic E-state index is 0.000923. The van der Waals surface area contributed by atoms with Gasteiger partial charge in [-0.1, -0.05) is 45.0 Å². The average Bonchev–Trinajstić information content (AvgIpc) is 2.72. The minimum Gasteiger partial charge on any atom is -0.479 e. The number of ether oxygens (including phenoxy) is 1. The molecule has 1 heterocycles. The van der Waals surface area contributed by atoms with Crippen molar-refractivity contribution in [2.75, 3.05) is 25.0 Å². The first-order valence-corrected chi connectivity index (χ1v) is 10.3. The van der Waals surface area contributed by atoms with Crippen molar-refractivity contribution in [1.29, 1.82) is 5.26 Å². The maximum absolute atomic E-state index is 12.7. The quantitative estimate of drug-likeness (QED) is 0.754. The van der Waals surface area contributed by atoms with Crippen LogP contribution in [0, 0.1) is 16.7 Å². The van der Waals surface area contributed by atoms with Crippen molar-refractivity contribution >= 4 is 11.7 Å². The number of urea groups is 1. The number of nitrogens with one attached hydrogen (secondary N) is 2. The highest BCUT2D eigenvalue weighted by atomic mass is 16.5. The molecule has 0 saturated carbocycles. The summed E-state index contributed by atoms with van der Waals surface area (Å²) in [6, 6.07) is 17.3. The van der Waals surface area contributed by atoms with E-state index >= 15 is 0 Å². The average molecular weight is 407 g/mol. The molecule has 0 aromatic heterocycles. The Morgan fingerprint density at radius 2 is 1.87 bits per heavy atom. The van der Waals surface area contributed by atoms with E-state index in [9.17, 15) is 4.79 Å². The van der Waals surface area contributed by atoms with Crippen LogP contribution in [-0.4, -0.2) is 36.7 Å². The molecule has 1 atom stereocenters. The summed E-state index contributed by atoms with van der Waals surface area (Å²) >= 11 is 0. The minimum atomic E-state index is -0.224. The van der Waals surface area contributed by atoms with Crippen LogP contribution in [0.4, 0.5) is 10.5 Å². The fourth-order valence-corrected chi connectivity index (χ4v) is 3.58. The molecule has 2 amide bonds. The number of hydrogen-bond acceptors (Lipinski definition) is 4. The van der Waals surface area contributed by atoms with Crippen LogP contribution >= 0.6 is 0 Å². The summed E-state index contributed by atoms with van der Waals surface area (Å²) < 4.78 is 5.24. The van der Waals surface area contributed by atoms with Crippen molar-refractivity contribution in [3.63, 3.8) is 0 Å². The third-order valence-corrected chi connectivity index (χ3v) is 5.42. The van der Waals surface area contributed by atoms with Gasteiger partial charge >= 0.3 is 6.03 Å². The van der Waals surface area contributed by atoms with E-state index in [0.717, 1.165) is 26.1 Å². The van der Waals surface area contributed by atoms with Crippen molar-refractivity contribution in [2.24, 2.45) is 5.41 Å². The van der Waals surface area contributed by atoms with Crippen molar-refractivity contribution in [1.82, 2.24) is 10.2 Å². The fraction of sp³-hybridized carbons (Fsp3) is 0.417. The molecule has 6 nitrogen and oxygen atoms in total. The lowest BCUT2D eigenvalue weighted by atomic mass is 9.86. The molecule has 6 heteroatoms. The Bertz CT molecular complexity index is 897. The van der Waals surface area contributed by atoms with Gasteiger partial charge in [0.2, 0.25) is 0 Å². The van der Waals surface area contributed by atoms with Crippen LogP contribution in [-0.2, 0) is 13.0 Å². The van der Waals surface area contributed by atoms with Crippen LogP contribution < -0.4 is 15.4 Å². The third-order valence-electron chi connectivity index (χ3n) is 5.42. The van der Waals surface area contributed by atoms with Gasteiger partial charge in [-0.3, -0.25) is 4.90 Å². The van der Waals surface area contributed by atoms with Gasteiger partial charge in [-0.2, -0.15) is 5.26 Å². The molecule has 1 aliphatic heterocycles. The standard InChI is InChI=1S/C24H30N4O2/c1-24(2,3)22(17-28-14-12-18-6-4-5-7-19(18)16-28)27-23(29)26-20-8-10-21(11-9-20)30-15-13-25/h4-11,22H,12,14-17H2,1-3H3,(H2,26,27,29). The molecular weight excluding hydrogens is 376 g/mol. The Hall–Kier alpha value is -3.04. The van der Waals surface area contributed by atoms with E-state index in [0.29, 0.717) is 11.4 Å². The second-order valence-electron chi connectivity index (χ2n) is 8.74. The molecule has 30 heavy (non-hydrogen) atoms. The number of nitrogens with zero attached hydrogens (tertiary/aromatic N) is 2. The predicted octanol–water partition coefficient (Wildman–Crippen LogP) is 4.18. The second-order valence-corrected chi connectivity index (χ2v) is 8.74. The van der Waals surface area contributed by atoms with Gasteiger partial charge < -0.3 is 15.4 Å². The summed E-state index contributed by atoms with van der Waals surface area (Å²) in [4.78, 5) is 15.1. The van der Waals surface area contributed by atoms with Crippen LogP contribution in [0.25, 0.3) is 0 Å².